The quantitative estimate of drug-likeness (QED) is 0.925. The Hall–Kier alpha value is -1.88. The summed E-state index contributed by atoms with van der Waals surface area (Å²) < 4.78 is 7.31. The molecular formula is C15H19N3O2. The Balaban J connectivity index is 1.93. The minimum Gasteiger partial charge on any atom is -0.376 e. The third-order valence-corrected chi connectivity index (χ3v) is 3.69. The predicted octanol–water partition coefficient (Wildman–Crippen LogP) is 2.01. The maximum Gasteiger partial charge on any atom is 0.293 e. The first-order valence-corrected chi connectivity index (χ1v) is 7.14. The Kier molecular flexibility index (Phi) is 3.69. The highest BCUT2D eigenvalue weighted by atomic mass is 16.5. The van der Waals surface area contributed by atoms with Crippen molar-refractivity contribution in [3.63, 3.8) is 0 Å². The van der Waals surface area contributed by atoms with Gasteiger partial charge in [-0.15, -0.1) is 0 Å². The molecule has 1 aliphatic rings. The van der Waals surface area contributed by atoms with Crippen LogP contribution in [0, 0.1) is 0 Å². The summed E-state index contributed by atoms with van der Waals surface area (Å²) in [5.41, 5.74) is 1.65. The second-order valence-corrected chi connectivity index (χ2v) is 5.01. The van der Waals surface area contributed by atoms with Crippen molar-refractivity contribution in [1.82, 2.24) is 9.55 Å². The average molecular weight is 273 g/mol. The van der Waals surface area contributed by atoms with Crippen molar-refractivity contribution in [2.45, 2.75) is 32.4 Å². The lowest BCUT2D eigenvalue weighted by atomic mass is 10.2. The monoisotopic (exact) mass is 273 g/mol. The van der Waals surface area contributed by atoms with Crippen LogP contribution in [0.2, 0.25) is 0 Å². The molecule has 1 aromatic heterocycles. The van der Waals surface area contributed by atoms with E-state index in [9.17, 15) is 4.79 Å². The topological polar surface area (TPSA) is 56.2 Å². The van der Waals surface area contributed by atoms with Gasteiger partial charge in [0.1, 0.15) is 0 Å². The highest BCUT2D eigenvalue weighted by Crippen LogP contribution is 2.14. The minimum atomic E-state index is -0.0656. The van der Waals surface area contributed by atoms with Gasteiger partial charge in [-0.25, -0.2) is 4.98 Å². The fourth-order valence-electron chi connectivity index (χ4n) is 2.64. The number of nitrogens with one attached hydrogen (secondary N) is 1. The number of para-hydroxylation sites is 2. The van der Waals surface area contributed by atoms with E-state index in [1.165, 1.54) is 0 Å². The molecule has 1 fully saturated rings. The van der Waals surface area contributed by atoms with Gasteiger partial charge in [-0.2, -0.15) is 0 Å². The largest absolute Gasteiger partial charge is 0.376 e. The summed E-state index contributed by atoms with van der Waals surface area (Å²) >= 11 is 0. The van der Waals surface area contributed by atoms with E-state index in [1.54, 1.807) is 4.57 Å². The van der Waals surface area contributed by atoms with E-state index in [4.69, 9.17) is 4.74 Å². The number of hydrogen-bond donors (Lipinski definition) is 1. The average Bonchev–Trinajstić information content (AvgIpc) is 2.98. The SMILES string of the molecule is CCn1c(=O)c(NC[C@@H]2CCCO2)nc2ccccc21. The number of ether oxygens (including phenoxy) is 1. The highest BCUT2D eigenvalue weighted by Gasteiger charge is 2.16. The molecule has 106 valence electrons. The van der Waals surface area contributed by atoms with Gasteiger partial charge in [0.05, 0.1) is 17.1 Å². The predicted molar refractivity (Wildman–Crippen MR) is 79.1 cm³/mol. The van der Waals surface area contributed by atoms with E-state index in [-0.39, 0.29) is 11.7 Å². The molecule has 20 heavy (non-hydrogen) atoms. The number of fused-ring (bicyclic) bond motifs is 1. The first-order valence-electron chi connectivity index (χ1n) is 7.14. The lowest BCUT2D eigenvalue weighted by Gasteiger charge is -2.13. The molecule has 0 radical (unpaired) electrons. The fraction of sp³-hybridized carbons (Fsp3) is 0.467. The lowest BCUT2D eigenvalue weighted by molar-refractivity contribution is 0.120. The van der Waals surface area contributed by atoms with Crippen LogP contribution in [0.3, 0.4) is 0 Å². The van der Waals surface area contributed by atoms with Crippen LogP contribution in [-0.2, 0) is 11.3 Å². The zero-order valence-electron chi connectivity index (χ0n) is 11.6. The molecule has 3 rings (SSSR count). The Morgan fingerprint density at radius 1 is 1.45 bits per heavy atom. The van der Waals surface area contributed by atoms with Crippen LogP contribution in [0.25, 0.3) is 11.0 Å². The van der Waals surface area contributed by atoms with E-state index in [0.717, 1.165) is 30.5 Å². The molecule has 0 aliphatic carbocycles. The van der Waals surface area contributed by atoms with Crippen LogP contribution in [0.4, 0.5) is 5.82 Å². The third kappa shape index (κ3) is 2.41. The van der Waals surface area contributed by atoms with Gasteiger partial charge in [0.2, 0.25) is 0 Å². The molecule has 1 N–H and O–H groups in total. The maximum atomic E-state index is 12.4. The molecule has 2 heterocycles. The summed E-state index contributed by atoms with van der Waals surface area (Å²) in [4.78, 5) is 16.9. The van der Waals surface area contributed by atoms with Gasteiger partial charge in [0.15, 0.2) is 5.82 Å². The van der Waals surface area contributed by atoms with Crippen molar-refractivity contribution < 1.29 is 4.74 Å². The van der Waals surface area contributed by atoms with Crippen molar-refractivity contribution in [3.05, 3.63) is 34.6 Å². The van der Waals surface area contributed by atoms with Gasteiger partial charge in [-0.05, 0) is 31.9 Å². The first-order chi connectivity index (χ1) is 9.79. The van der Waals surface area contributed by atoms with Crippen molar-refractivity contribution in [2.75, 3.05) is 18.5 Å². The van der Waals surface area contributed by atoms with E-state index in [0.29, 0.717) is 18.9 Å². The Labute approximate surface area is 117 Å². The minimum absolute atomic E-state index is 0.0656. The number of nitrogens with zero attached hydrogens (tertiary/aromatic N) is 2. The number of rotatable bonds is 4. The van der Waals surface area contributed by atoms with Gasteiger partial charge in [-0.1, -0.05) is 12.1 Å². The maximum absolute atomic E-state index is 12.4. The molecule has 1 aromatic carbocycles. The molecule has 5 nitrogen and oxygen atoms in total. The van der Waals surface area contributed by atoms with E-state index in [1.807, 2.05) is 31.2 Å². The number of anilines is 1. The van der Waals surface area contributed by atoms with Crippen LogP contribution < -0.4 is 10.9 Å². The summed E-state index contributed by atoms with van der Waals surface area (Å²) in [6, 6.07) is 7.72. The van der Waals surface area contributed by atoms with E-state index in [2.05, 4.69) is 10.3 Å². The molecule has 0 bridgehead atoms. The Morgan fingerprint density at radius 3 is 3.05 bits per heavy atom. The molecule has 0 saturated carbocycles. The molecule has 0 amide bonds. The molecule has 1 saturated heterocycles. The first kappa shape index (κ1) is 13.1. The van der Waals surface area contributed by atoms with Crippen molar-refractivity contribution in [1.29, 1.82) is 0 Å². The standard InChI is InChI=1S/C15H19N3O2/c1-2-18-13-8-4-3-7-12(13)17-14(15(18)19)16-10-11-6-5-9-20-11/h3-4,7-8,11H,2,5-6,9-10H2,1H3,(H,16,17)/t11-/m0/s1. The summed E-state index contributed by atoms with van der Waals surface area (Å²) in [6.45, 7) is 4.06. The van der Waals surface area contributed by atoms with Crippen LogP contribution in [0.5, 0.6) is 0 Å². The fourth-order valence-corrected chi connectivity index (χ4v) is 2.64. The van der Waals surface area contributed by atoms with E-state index < -0.39 is 0 Å². The Bertz CT molecular complexity index is 660. The second-order valence-electron chi connectivity index (χ2n) is 5.01. The number of aryl methyl sites for hydroxylation is 1. The van der Waals surface area contributed by atoms with Crippen molar-refractivity contribution in [3.8, 4) is 0 Å². The summed E-state index contributed by atoms with van der Waals surface area (Å²) in [5.74, 6) is 0.418. The summed E-state index contributed by atoms with van der Waals surface area (Å²) in [7, 11) is 0. The van der Waals surface area contributed by atoms with E-state index >= 15 is 0 Å². The lowest BCUT2D eigenvalue weighted by Crippen LogP contribution is -2.28. The van der Waals surface area contributed by atoms with Gasteiger partial charge in [0.25, 0.3) is 5.56 Å². The molecule has 5 heteroatoms. The molecule has 2 aromatic rings. The van der Waals surface area contributed by atoms with Crippen molar-refractivity contribution in [2.24, 2.45) is 0 Å². The van der Waals surface area contributed by atoms with Gasteiger partial charge >= 0.3 is 0 Å². The second kappa shape index (κ2) is 5.63. The molecular weight excluding hydrogens is 254 g/mol. The van der Waals surface area contributed by atoms with Gasteiger partial charge < -0.3 is 14.6 Å². The number of benzene rings is 1. The van der Waals surface area contributed by atoms with Crippen LogP contribution in [-0.4, -0.2) is 28.8 Å². The molecule has 1 atom stereocenters. The summed E-state index contributed by atoms with van der Waals surface area (Å²) in [5, 5.41) is 3.15. The van der Waals surface area contributed by atoms with Crippen LogP contribution >= 0.6 is 0 Å². The third-order valence-electron chi connectivity index (χ3n) is 3.69. The zero-order valence-corrected chi connectivity index (χ0v) is 11.6. The van der Waals surface area contributed by atoms with Crippen LogP contribution in [0.15, 0.2) is 29.1 Å². The normalized spacial score (nSPS) is 18.6. The Morgan fingerprint density at radius 2 is 2.30 bits per heavy atom. The van der Waals surface area contributed by atoms with Gasteiger partial charge in [0, 0.05) is 19.7 Å². The molecule has 0 unspecified atom stereocenters. The van der Waals surface area contributed by atoms with Crippen LogP contribution in [0.1, 0.15) is 19.8 Å². The number of hydrogen-bond acceptors (Lipinski definition) is 4. The van der Waals surface area contributed by atoms with Crippen molar-refractivity contribution >= 4 is 16.9 Å². The zero-order chi connectivity index (χ0) is 13.9. The van der Waals surface area contributed by atoms with Gasteiger partial charge in [-0.3, -0.25) is 4.79 Å². The smallest absolute Gasteiger partial charge is 0.293 e. The molecule has 1 aliphatic heterocycles. The molecule has 0 spiro atoms. The summed E-state index contributed by atoms with van der Waals surface area (Å²) in [6.07, 6.45) is 2.33. The highest BCUT2D eigenvalue weighted by molar-refractivity contribution is 5.76. The number of aromatic nitrogens is 2.